The number of para-hydroxylation sites is 1. The van der Waals surface area contributed by atoms with Gasteiger partial charge in [0.1, 0.15) is 12.2 Å². The molecule has 4 amide bonds. The Hall–Kier alpha value is -3.65. The van der Waals surface area contributed by atoms with Crippen LogP contribution in [0.3, 0.4) is 0 Å². The molecular weight excluding hydrogens is 460 g/mol. The van der Waals surface area contributed by atoms with Gasteiger partial charge in [0.25, 0.3) is 5.91 Å². The first-order valence-corrected chi connectivity index (χ1v) is 10.4. The number of hydrogen-bond donors (Lipinski definition) is 2. The van der Waals surface area contributed by atoms with Gasteiger partial charge < -0.3 is 15.2 Å². The van der Waals surface area contributed by atoms with Crippen LogP contribution in [0.25, 0.3) is 11.8 Å². The monoisotopic (exact) mass is 478 g/mol. The van der Waals surface area contributed by atoms with E-state index in [1.54, 1.807) is 30.3 Å². The summed E-state index contributed by atoms with van der Waals surface area (Å²) in [4.78, 5) is 38.3. The Morgan fingerprint density at radius 3 is 2.45 bits per heavy atom. The number of hydrogen-bond acceptors (Lipinski definition) is 3. The van der Waals surface area contributed by atoms with Crippen LogP contribution in [0.2, 0.25) is 0 Å². The van der Waals surface area contributed by atoms with Gasteiger partial charge in [0.05, 0.1) is 0 Å². The van der Waals surface area contributed by atoms with Crippen molar-refractivity contribution in [2.75, 3.05) is 11.9 Å². The Balaban J connectivity index is 1.52. The van der Waals surface area contributed by atoms with E-state index in [1.807, 2.05) is 54.0 Å². The van der Waals surface area contributed by atoms with Crippen molar-refractivity contribution in [3.8, 4) is 5.69 Å². The zero-order valence-corrected chi connectivity index (χ0v) is 18.2. The average molecular weight is 479 g/mol. The van der Waals surface area contributed by atoms with Gasteiger partial charge in [0, 0.05) is 27.2 Å². The number of benzene rings is 2. The molecule has 0 radical (unpaired) electrons. The van der Waals surface area contributed by atoms with Crippen molar-refractivity contribution < 1.29 is 14.4 Å². The quantitative estimate of drug-likeness (QED) is 0.428. The van der Waals surface area contributed by atoms with E-state index in [9.17, 15) is 14.4 Å². The first-order valence-electron chi connectivity index (χ1n) is 9.56. The van der Waals surface area contributed by atoms with E-state index in [4.69, 9.17) is 0 Å². The maximum absolute atomic E-state index is 12.8. The molecular formula is C23H19BrN4O3. The van der Waals surface area contributed by atoms with E-state index in [-0.39, 0.29) is 12.2 Å². The van der Waals surface area contributed by atoms with Gasteiger partial charge in [0.15, 0.2) is 0 Å². The number of aryl methyl sites for hydroxylation is 1. The number of rotatable bonds is 5. The van der Waals surface area contributed by atoms with E-state index in [0.717, 1.165) is 26.4 Å². The van der Waals surface area contributed by atoms with Gasteiger partial charge >= 0.3 is 6.03 Å². The second-order valence-electron chi connectivity index (χ2n) is 7.01. The number of anilines is 1. The molecule has 7 nitrogen and oxygen atoms in total. The van der Waals surface area contributed by atoms with Gasteiger partial charge in [-0.3, -0.25) is 9.59 Å². The van der Waals surface area contributed by atoms with Crippen molar-refractivity contribution in [1.82, 2.24) is 14.8 Å². The van der Waals surface area contributed by atoms with Crippen molar-refractivity contribution >= 4 is 45.5 Å². The van der Waals surface area contributed by atoms with Gasteiger partial charge in [-0.15, -0.1) is 0 Å². The first-order chi connectivity index (χ1) is 14.9. The average Bonchev–Trinajstić information content (AvgIpc) is 3.24. The highest BCUT2D eigenvalue weighted by Gasteiger charge is 2.35. The number of aromatic nitrogens is 1. The fourth-order valence-electron chi connectivity index (χ4n) is 3.34. The largest absolute Gasteiger partial charge is 0.329 e. The fraction of sp³-hybridized carbons (Fsp3) is 0.0870. The lowest BCUT2D eigenvalue weighted by atomic mass is 10.2. The fourth-order valence-corrected chi connectivity index (χ4v) is 3.61. The molecule has 31 heavy (non-hydrogen) atoms. The molecule has 2 N–H and O–H groups in total. The summed E-state index contributed by atoms with van der Waals surface area (Å²) in [5, 5.41) is 5.24. The first kappa shape index (κ1) is 20.6. The smallest absolute Gasteiger partial charge is 0.325 e. The van der Waals surface area contributed by atoms with Gasteiger partial charge in [-0.25, -0.2) is 9.69 Å². The van der Waals surface area contributed by atoms with Crippen LogP contribution in [0.1, 0.15) is 11.4 Å². The maximum Gasteiger partial charge on any atom is 0.329 e. The van der Waals surface area contributed by atoms with Gasteiger partial charge in [0.2, 0.25) is 5.91 Å². The summed E-state index contributed by atoms with van der Waals surface area (Å²) in [5.41, 5.74) is 3.37. The molecule has 0 spiro atoms. The molecule has 4 rings (SSSR count). The van der Waals surface area contributed by atoms with Crippen molar-refractivity contribution in [2.24, 2.45) is 0 Å². The summed E-state index contributed by atoms with van der Waals surface area (Å²) in [6, 6.07) is 19.9. The van der Waals surface area contributed by atoms with E-state index in [0.29, 0.717) is 5.69 Å². The normalized spacial score (nSPS) is 14.8. The predicted octanol–water partition coefficient (Wildman–Crippen LogP) is 4.08. The van der Waals surface area contributed by atoms with Crippen LogP contribution in [-0.4, -0.2) is 33.9 Å². The SMILES string of the molecule is Cc1ccc(/C=C2\NC(=O)N(CC(=O)Nc3ccc(Br)cc3)C2=O)n1-c1ccccc1. The predicted molar refractivity (Wildman–Crippen MR) is 121 cm³/mol. The van der Waals surface area contributed by atoms with E-state index < -0.39 is 17.8 Å². The molecule has 0 bridgehead atoms. The van der Waals surface area contributed by atoms with Crippen molar-refractivity contribution in [2.45, 2.75) is 6.92 Å². The second kappa shape index (κ2) is 8.61. The van der Waals surface area contributed by atoms with Crippen LogP contribution in [0.4, 0.5) is 10.5 Å². The third-order valence-electron chi connectivity index (χ3n) is 4.80. The lowest BCUT2D eigenvalue weighted by Crippen LogP contribution is -2.38. The van der Waals surface area contributed by atoms with Crippen molar-refractivity contribution in [3.05, 3.63) is 88.3 Å². The van der Waals surface area contributed by atoms with Gasteiger partial charge in [-0.1, -0.05) is 34.1 Å². The molecule has 0 unspecified atom stereocenters. The summed E-state index contributed by atoms with van der Waals surface area (Å²) in [5.74, 6) is -1.01. The molecule has 0 saturated carbocycles. The molecule has 1 aliphatic rings. The Morgan fingerprint density at radius 2 is 1.74 bits per heavy atom. The Bertz CT molecular complexity index is 1180. The summed E-state index contributed by atoms with van der Waals surface area (Å²) < 4.78 is 2.86. The topological polar surface area (TPSA) is 83.4 Å². The number of nitrogens with one attached hydrogen (secondary N) is 2. The minimum absolute atomic E-state index is 0.122. The molecule has 156 valence electrons. The number of carbonyl (C=O) groups excluding carboxylic acids is 3. The van der Waals surface area contributed by atoms with Crippen LogP contribution < -0.4 is 10.6 Å². The number of carbonyl (C=O) groups is 3. The van der Waals surface area contributed by atoms with Crippen LogP contribution in [0, 0.1) is 6.92 Å². The standard InChI is InChI=1S/C23H19BrN4O3/c1-15-7-12-19(28(15)18-5-3-2-4-6-18)13-20-22(30)27(23(31)26-20)14-21(29)25-17-10-8-16(24)9-11-17/h2-13H,14H2,1H3,(H,25,29)(H,26,31)/b20-13-. The minimum Gasteiger partial charge on any atom is -0.325 e. The van der Waals surface area contributed by atoms with Gasteiger partial charge in [-0.05, 0) is 61.5 Å². The lowest BCUT2D eigenvalue weighted by molar-refractivity contribution is -0.127. The van der Waals surface area contributed by atoms with Crippen LogP contribution >= 0.6 is 15.9 Å². The Kier molecular flexibility index (Phi) is 5.73. The summed E-state index contributed by atoms with van der Waals surface area (Å²) >= 11 is 3.33. The highest BCUT2D eigenvalue weighted by atomic mass is 79.9. The number of urea groups is 1. The number of halogens is 1. The molecule has 0 aliphatic carbocycles. The Labute approximate surface area is 187 Å². The molecule has 3 aromatic rings. The molecule has 0 atom stereocenters. The Morgan fingerprint density at radius 1 is 1.03 bits per heavy atom. The van der Waals surface area contributed by atoms with Crippen molar-refractivity contribution in [1.29, 1.82) is 0 Å². The van der Waals surface area contributed by atoms with Crippen LogP contribution in [0.5, 0.6) is 0 Å². The van der Waals surface area contributed by atoms with Crippen LogP contribution in [-0.2, 0) is 9.59 Å². The zero-order valence-electron chi connectivity index (χ0n) is 16.6. The third kappa shape index (κ3) is 4.44. The minimum atomic E-state index is -0.628. The molecule has 2 aromatic carbocycles. The lowest BCUT2D eigenvalue weighted by Gasteiger charge is -2.12. The van der Waals surface area contributed by atoms with E-state index in [2.05, 4.69) is 26.6 Å². The molecule has 8 heteroatoms. The van der Waals surface area contributed by atoms with Crippen molar-refractivity contribution in [3.63, 3.8) is 0 Å². The molecule has 1 aromatic heterocycles. The highest BCUT2D eigenvalue weighted by molar-refractivity contribution is 9.10. The number of amides is 4. The highest BCUT2D eigenvalue weighted by Crippen LogP contribution is 2.21. The molecule has 1 saturated heterocycles. The molecule has 1 aliphatic heterocycles. The third-order valence-corrected chi connectivity index (χ3v) is 5.33. The van der Waals surface area contributed by atoms with E-state index in [1.165, 1.54) is 0 Å². The number of nitrogens with zero attached hydrogens (tertiary/aromatic N) is 2. The molecule has 2 heterocycles. The number of imide groups is 1. The molecule has 1 fully saturated rings. The van der Waals surface area contributed by atoms with Gasteiger partial charge in [-0.2, -0.15) is 0 Å². The zero-order chi connectivity index (χ0) is 22.0. The van der Waals surface area contributed by atoms with E-state index >= 15 is 0 Å². The summed E-state index contributed by atoms with van der Waals surface area (Å²) in [7, 11) is 0. The van der Waals surface area contributed by atoms with Crippen LogP contribution in [0.15, 0.2) is 76.9 Å². The second-order valence-corrected chi connectivity index (χ2v) is 7.92. The maximum atomic E-state index is 12.8. The summed E-state index contributed by atoms with van der Waals surface area (Å²) in [6.45, 7) is 1.58. The summed E-state index contributed by atoms with van der Waals surface area (Å²) in [6.07, 6.45) is 1.62.